The standard InChI is InChI=1S/C23H31N5O2/c1-15-13-21(25-12-11-24-17-7-5-6-8-17)28-23(26-15)22(16(2)27-28)19-10-9-18(29-3)14-20(19)30-4/h9-10,13-14,17,24-25H,5-8,11-12H2,1-4H3. The van der Waals surface area contributed by atoms with E-state index in [1.54, 1.807) is 14.2 Å². The van der Waals surface area contributed by atoms with Crippen molar-refractivity contribution in [3.05, 3.63) is 35.7 Å². The van der Waals surface area contributed by atoms with Gasteiger partial charge in [0.2, 0.25) is 0 Å². The number of ether oxygens (including phenoxy) is 2. The van der Waals surface area contributed by atoms with Gasteiger partial charge in [0.05, 0.1) is 25.5 Å². The molecule has 160 valence electrons. The van der Waals surface area contributed by atoms with Crippen LogP contribution in [0.3, 0.4) is 0 Å². The summed E-state index contributed by atoms with van der Waals surface area (Å²) in [5.74, 6) is 2.45. The van der Waals surface area contributed by atoms with Crippen molar-refractivity contribution >= 4 is 11.5 Å². The molecule has 0 bridgehead atoms. The molecule has 0 saturated heterocycles. The smallest absolute Gasteiger partial charge is 0.165 e. The van der Waals surface area contributed by atoms with Crippen molar-refractivity contribution in [3.8, 4) is 22.6 Å². The molecule has 3 aromatic rings. The lowest BCUT2D eigenvalue weighted by Gasteiger charge is -2.14. The van der Waals surface area contributed by atoms with Gasteiger partial charge in [0.15, 0.2) is 5.65 Å². The van der Waals surface area contributed by atoms with Gasteiger partial charge in [0.1, 0.15) is 17.3 Å². The number of hydrogen-bond donors (Lipinski definition) is 2. The summed E-state index contributed by atoms with van der Waals surface area (Å²) in [5.41, 5.74) is 4.61. The lowest BCUT2D eigenvalue weighted by Crippen LogP contribution is -2.31. The highest BCUT2D eigenvalue weighted by atomic mass is 16.5. The van der Waals surface area contributed by atoms with Crippen molar-refractivity contribution in [2.24, 2.45) is 0 Å². The lowest BCUT2D eigenvalue weighted by atomic mass is 10.0. The zero-order valence-electron chi connectivity index (χ0n) is 18.3. The van der Waals surface area contributed by atoms with Crippen LogP contribution < -0.4 is 20.1 Å². The molecule has 2 heterocycles. The lowest BCUT2D eigenvalue weighted by molar-refractivity contribution is 0.395. The van der Waals surface area contributed by atoms with E-state index in [0.717, 1.165) is 58.6 Å². The summed E-state index contributed by atoms with van der Waals surface area (Å²) in [5, 5.41) is 12.0. The number of benzene rings is 1. The normalized spacial score (nSPS) is 14.4. The predicted octanol–water partition coefficient (Wildman–Crippen LogP) is 3.97. The summed E-state index contributed by atoms with van der Waals surface area (Å²) in [6.07, 6.45) is 5.28. The van der Waals surface area contributed by atoms with Crippen LogP contribution in [-0.2, 0) is 0 Å². The topological polar surface area (TPSA) is 72.7 Å². The number of aromatic nitrogens is 3. The highest BCUT2D eigenvalue weighted by Gasteiger charge is 2.20. The number of aryl methyl sites for hydroxylation is 2. The SMILES string of the molecule is COc1ccc(-c2c(C)nn3c(NCCNC4CCCC4)cc(C)nc23)c(OC)c1. The zero-order chi connectivity index (χ0) is 21.1. The van der Waals surface area contributed by atoms with E-state index in [-0.39, 0.29) is 0 Å². The fourth-order valence-corrected chi connectivity index (χ4v) is 4.29. The molecule has 0 aliphatic heterocycles. The largest absolute Gasteiger partial charge is 0.497 e. The Balaban J connectivity index is 1.64. The zero-order valence-corrected chi connectivity index (χ0v) is 18.3. The van der Waals surface area contributed by atoms with Gasteiger partial charge in [-0.15, -0.1) is 0 Å². The third-order valence-corrected chi connectivity index (χ3v) is 5.79. The first-order chi connectivity index (χ1) is 14.6. The average molecular weight is 410 g/mol. The fourth-order valence-electron chi connectivity index (χ4n) is 4.29. The molecule has 1 fully saturated rings. The Bertz CT molecular complexity index is 1020. The highest BCUT2D eigenvalue weighted by molar-refractivity contribution is 5.85. The van der Waals surface area contributed by atoms with E-state index in [1.165, 1.54) is 25.7 Å². The van der Waals surface area contributed by atoms with Gasteiger partial charge >= 0.3 is 0 Å². The van der Waals surface area contributed by atoms with Crippen molar-refractivity contribution in [3.63, 3.8) is 0 Å². The van der Waals surface area contributed by atoms with Crippen molar-refractivity contribution in [2.75, 3.05) is 32.6 Å². The van der Waals surface area contributed by atoms with Gasteiger partial charge < -0.3 is 20.1 Å². The highest BCUT2D eigenvalue weighted by Crippen LogP contribution is 2.37. The Morgan fingerprint density at radius 1 is 1.07 bits per heavy atom. The maximum atomic E-state index is 5.64. The van der Waals surface area contributed by atoms with E-state index in [4.69, 9.17) is 19.6 Å². The van der Waals surface area contributed by atoms with Gasteiger partial charge in [0.25, 0.3) is 0 Å². The molecule has 2 N–H and O–H groups in total. The van der Waals surface area contributed by atoms with Gasteiger partial charge in [-0.05, 0) is 38.8 Å². The Hall–Kier alpha value is -2.80. The number of hydrogen-bond acceptors (Lipinski definition) is 6. The van der Waals surface area contributed by atoms with Crippen LogP contribution in [0.4, 0.5) is 5.82 Å². The fraction of sp³-hybridized carbons (Fsp3) is 0.478. The van der Waals surface area contributed by atoms with Gasteiger partial charge in [0, 0.05) is 42.5 Å². The van der Waals surface area contributed by atoms with Crippen LogP contribution in [0.15, 0.2) is 24.3 Å². The van der Waals surface area contributed by atoms with Crippen LogP contribution in [0.1, 0.15) is 37.1 Å². The number of anilines is 1. The molecule has 30 heavy (non-hydrogen) atoms. The van der Waals surface area contributed by atoms with E-state index in [2.05, 4.69) is 10.6 Å². The first-order valence-corrected chi connectivity index (χ1v) is 10.7. The Morgan fingerprint density at radius 3 is 2.60 bits per heavy atom. The van der Waals surface area contributed by atoms with Crippen LogP contribution in [0.25, 0.3) is 16.8 Å². The minimum atomic E-state index is 0.673. The van der Waals surface area contributed by atoms with Gasteiger partial charge in [-0.25, -0.2) is 4.98 Å². The van der Waals surface area contributed by atoms with E-state index < -0.39 is 0 Å². The third kappa shape index (κ3) is 4.07. The Labute approximate surface area is 177 Å². The number of methoxy groups -OCH3 is 2. The Morgan fingerprint density at radius 2 is 1.87 bits per heavy atom. The summed E-state index contributed by atoms with van der Waals surface area (Å²) in [6.45, 7) is 5.80. The minimum absolute atomic E-state index is 0.673. The molecule has 7 nitrogen and oxygen atoms in total. The molecule has 1 aromatic carbocycles. The number of nitrogens with one attached hydrogen (secondary N) is 2. The van der Waals surface area contributed by atoms with E-state index in [0.29, 0.717) is 6.04 Å². The van der Waals surface area contributed by atoms with Crippen molar-refractivity contribution in [1.29, 1.82) is 0 Å². The number of nitrogens with zero attached hydrogens (tertiary/aromatic N) is 3. The van der Waals surface area contributed by atoms with Crippen LogP contribution >= 0.6 is 0 Å². The molecule has 7 heteroatoms. The molecular weight excluding hydrogens is 378 g/mol. The van der Waals surface area contributed by atoms with E-state index in [1.807, 2.05) is 42.6 Å². The van der Waals surface area contributed by atoms with Crippen LogP contribution in [0.5, 0.6) is 11.5 Å². The summed E-state index contributed by atoms with van der Waals surface area (Å²) >= 11 is 0. The summed E-state index contributed by atoms with van der Waals surface area (Å²) in [6, 6.07) is 8.55. The molecule has 4 rings (SSSR count). The predicted molar refractivity (Wildman–Crippen MR) is 120 cm³/mol. The molecule has 1 aliphatic rings. The maximum Gasteiger partial charge on any atom is 0.165 e. The summed E-state index contributed by atoms with van der Waals surface area (Å²) in [7, 11) is 3.32. The van der Waals surface area contributed by atoms with Crippen LogP contribution in [0, 0.1) is 13.8 Å². The van der Waals surface area contributed by atoms with E-state index in [9.17, 15) is 0 Å². The summed E-state index contributed by atoms with van der Waals surface area (Å²) < 4.78 is 12.9. The first-order valence-electron chi connectivity index (χ1n) is 10.7. The molecule has 0 unspecified atom stereocenters. The molecule has 2 aromatic heterocycles. The molecule has 0 spiro atoms. The van der Waals surface area contributed by atoms with Crippen molar-refractivity contribution in [2.45, 2.75) is 45.6 Å². The van der Waals surface area contributed by atoms with Crippen molar-refractivity contribution < 1.29 is 9.47 Å². The average Bonchev–Trinajstić information content (AvgIpc) is 3.38. The van der Waals surface area contributed by atoms with Crippen LogP contribution in [-0.4, -0.2) is 47.9 Å². The third-order valence-electron chi connectivity index (χ3n) is 5.79. The second kappa shape index (κ2) is 8.92. The maximum absolute atomic E-state index is 5.64. The van der Waals surface area contributed by atoms with Gasteiger partial charge in [-0.2, -0.15) is 9.61 Å². The Kier molecular flexibility index (Phi) is 6.08. The monoisotopic (exact) mass is 409 g/mol. The van der Waals surface area contributed by atoms with E-state index >= 15 is 0 Å². The van der Waals surface area contributed by atoms with Crippen molar-refractivity contribution in [1.82, 2.24) is 19.9 Å². The van der Waals surface area contributed by atoms with Crippen LogP contribution in [0.2, 0.25) is 0 Å². The van der Waals surface area contributed by atoms with Gasteiger partial charge in [-0.3, -0.25) is 0 Å². The van der Waals surface area contributed by atoms with Gasteiger partial charge in [-0.1, -0.05) is 12.8 Å². The second-order valence-electron chi connectivity index (χ2n) is 7.91. The molecular formula is C23H31N5O2. The molecule has 0 amide bonds. The number of rotatable bonds is 8. The first kappa shape index (κ1) is 20.5. The quantitative estimate of drug-likeness (QED) is 0.549. The minimum Gasteiger partial charge on any atom is -0.497 e. The summed E-state index contributed by atoms with van der Waals surface area (Å²) in [4.78, 5) is 4.80. The number of fused-ring (bicyclic) bond motifs is 1. The second-order valence-corrected chi connectivity index (χ2v) is 7.91. The molecule has 1 saturated carbocycles. The molecule has 1 aliphatic carbocycles. The molecule has 0 radical (unpaired) electrons. The molecule has 0 atom stereocenters.